The molecule has 0 saturated heterocycles. The molecule has 1 aromatic rings. The molecule has 0 aliphatic rings. The summed E-state index contributed by atoms with van der Waals surface area (Å²) in [6, 6.07) is 5.49. The van der Waals surface area contributed by atoms with Crippen LogP contribution in [0, 0.1) is 6.92 Å². The fraction of sp³-hybridized carbons (Fsp3) is 0.417. The summed E-state index contributed by atoms with van der Waals surface area (Å²) in [5.74, 6) is 0.806. The number of hydrogen-bond donors (Lipinski definition) is 0. The van der Waals surface area contributed by atoms with E-state index in [1.165, 1.54) is 0 Å². The highest BCUT2D eigenvalue weighted by molar-refractivity contribution is 5.77. The molecule has 0 N–H and O–H groups in total. The highest BCUT2D eigenvalue weighted by Crippen LogP contribution is 2.20. The zero-order chi connectivity index (χ0) is 10.8. The molecule has 0 aliphatic heterocycles. The molecule has 0 bridgehead atoms. The molecule has 2 heteroatoms. The van der Waals surface area contributed by atoms with Gasteiger partial charge in [0.25, 0.3) is 0 Å². The quantitative estimate of drug-likeness (QED) is 0.673. The van der Waals surface area contributed by atoms with Gasteiger partial charge in [0.15, 0.2) is 0 Å². The molecule has 0 amide bonds. The minimum Gasteiger partial charge on any atom is -0.488 e. The zero-order valence-corrected chi connectivity index (χ0v) is 9.13. The monoisotopic (exact) mass is 192 g/mol. The fourth-order valence-electron chi connectivity index (χ4n) is 1.20. The average molecular weight is 192 g/mol. The van der Waals surface area contributed by atoms with E-state index in [1.807, 2.05) is 39.8 Å². The molecule has 14 heavy (non-hydrogen) atoms. The average Bonchev–Trinajstić information content (AvgIpc) is 2.01. The second-order valence-electron chi connectivity index (χ2n) is 4.35. The highest BCUT2D eigenvalue weighted by atomic mass is 16.5. The van der Waals surface area contributed by atoms with Crippen LogP contribution >= 0.6 is 0 Å². The molecule has 0 saturated carbocycles. The number of carbonyl (C=O) groups is 1. The number of aryl methyl sites for hydroxylation is 1. The molecule has 0 aliphatic carbocycles. The zero-order valence-electron chi connectivity index (χ0n) is 9.13. The summed E-state index contributed by atoms with van der Waals surface area (Å²) in [6.45, 7) is 7.89. The lowest BCUT2D eigenvalue weighted by Crippen LogP contribution is -2.22. The molecular weight excluding hydrogens is 176 g/mol. The predicted octanol–water partition coefficient (Wildman–Crippen LogP) is 2.98. The lowest BCUT2D eigenvalue weighted by molar-refractivity contribution is 0.112. The van der Waals surface area contributed by atoms with Crippen molar-refractivity contribution in [3.05, 3.63) is 29.3 Å². The van der Waals surface area contributed by atoms with Crippen molar-refractivity contribution in [2.45, 2.75) is 33.3 Å². The van der Waals surface area contributed by atoms with Gasteiger partial charge in [0.1, 0.15) is 17.6 Å². The van der Waals surface area contributed by atoms with Crippen LogP contribution < -0.4 is 4.74 Å². The lowest BCUT2D eigenvalue weighted by Gasteiger charge is -2.21. The second kappa shape index (κ2) is 3.82. The number of carbonyl (C=O) groups excluding carboxylic acids is 1. The molecule has 0 aromatic heterocycles. The van der Waals surface area contributed by atoms with Gasteiger partial charge in [-0.3, -0.25) is 4.79 Å². The molecule has 0 heterocycles. The number of ether oxygens (including phenoxy) is 1. The largest absolute Gasteiger partial charge is 0.488 e. The standard InChI is InChI=1S/C12H16O2/c1-9-7-11(14-12(2,3)4)6-5-10(9)8-13/h5-8H,1-4H3. The van der Waals surface area contributed by atoms with Crippen LogP contribution in [0.3, 0.4) is 0 Å². The van der Waals surface area contributed by atoms with Gasteiger partial charge in [-0.1, -0.05) is 0 Å². The first kappa shape index (κ1) is 10.8. The maximum Gasteiger partial charge on any atom is 0.150 e. The van der Waals surface area contributed by atoms with Gasteiger partial charge in [-0.25, -0.2) is 0 Å². The Hall–Kier alpha value is -1.31. The Bertz CT molecular complexity index is 335. The van der Waals surface area contributed by atoms with Crippen molar-refractivity contribution >= 4 is 6.29 Å². The minimum absolute atomic E-state index is 0.199. The predicted molar refractivity (Wildman–Crippen MR) is 56.9 cm³/mol. The third-order valence-electron chi connectivity index (χ3n) is 1.79. The van der Waals surface area contributed by atoms with Crippen molar-refractivity contribution < 1.29 is 9.53 Å². The molecule has 1 aromatic carbocycles. The first-order valence-corrected chi connectivity index (χ1v) is 4.67. The van der Waals surface area contributed by atoms with E-state index in [9.17, 15) is 4.79 Å². The van der Waals surface area contributed by atoms with Crippen LogP contribution in [0.5, 0.6) is 5.75 Å². The molecule has 1 rings (SSSR count). The highest BCUT2D eigenvalue weighted by Gasteiger charge is 2.11. The van der Waals surface area contributed by atoms with Crippen LogP contribution in [0.15, 0.2) is 18.2 Å². The molecular formula is C12H16O2. The van der Waals surface area contributed by atoms with Crippen molar-refractivity contribution in [3.63, 3.8) is 0 Å². The summed E-state index contributed by atoms with van der Waals surface area (Å²) in [4.78, 5) is 10.6. The van der Waals surface area contributed by atoms with Crippen LogP contribution in [0.4, 0.5) is 0 Å². The number of aldehydes is 1. The fourth-order valence-corrected chi connectivity index (χ4v) is 1.20. The molecule has 76 valence electrons. The first-order valence-electron chi connectivity index (χ1n) is 4.67. The molecule has 0 unspecified atom stereocenters. The van der Waals surface area contributed by atoms with Crippen LogP contribution in [0.1, 0.15) is 36.7 Å². The van der Waals surface area contributed by atoms with Crippen molar-refractivity contribution in [1.29, 1.82) is 0 Å². The van der Waals surface area contributed by atoms with E-state index in [0.717, 1.165) is 17.6 Å². The van der Waals surface area contributed by atoms with Gasteiger partial charge in [0.2, 0.25) is 0 Å². The second-order valence-corrected chi connectivity index (χ2v) is 4.35. The molecule has 0 radical (unpaired) electrons. The van der Waals surface area contributed by atoms with E-state index in [4.69, 9.17) is 4.74 Å². The van der Waals surface area contributed by atoms with Gasteiger partial charge >= 0.3 is 0 Å². The van der Waals surface area contributed by atoms with E-state index in [-0.39, 0.29) is 5.60 Å². The number of rotatable bonds is 2. The molecule has 0 atom stereocenters. The van der Waals surface area contributed by atoms with E-state index < -0.39 is 0 Å². The van der Waals surface area contributed by atoms with Gasteiger partial charge in [0.05, 0.1) is 0 Å². The van der Waals surface area contributed by atoms with Crippen LogP contribution in [-0.4, -0.2) is 11.9 Å². The summed E-state index contributed by atoms with van der Waals surface area (Å²) in [5, 5.41) is 0. The summed E-state index contributed by atoms with van der Waals surface area (Å²) < 4.78 is 5.67. The van der Waals surface area contributed by atoms with Crippen molar-refractivity contribution in [2.75, 3.05) is 0 Å². The summed E-state index contributed by atoms with van der Waals surface area (Å²) in [7, 11) is 0. The Morgan fingerprint density at radius 2 is 1.93 bits per heavy atom. The SMILES string of the molecule is Cc1cc(OC(C)(C)C)ccc1C=O. The van der Waals surface area contributed by atoms with Gasteiger partial charge in [-0.2, -0.15) is 0 Å². The Labute approximate surface area is 84.9 Å². The molecule has 0 fully saturated rings. The van der Waals surface area contributed by atoms with E-state index in [1.54, 1.807) is 6.07 Å². The maximum atomic E-state index is 10.6. The maximum absolute atomic E-state index is 10.6. The first-order chi connectivity index (χ1) is 6.42. The van der Waals surface area contributed by atoms with Crippen molar-refractivity contribution in [1.82, 2.24) is 0 Å². The Kier molecular flexibility index (Phi) is 2.94. The van der Waals surface area contributed by atoms with Gasteiger partial charge in [-0.15, -0.1) is 0 Å². The number of benzene rings is 1. The Morgan fingerprint density at radius 3 is 2.36 bits per heavy atom. The summed E-state index contributed by atoms with van der Waals surface area (Å²) in [5.41, 5.74) is 1.46. The summed E-state index contributed by atoms with van der Waals surface area (Å²) >= 11 is 0. The number of hydrogen-bond acceptors (Lipinski definition) is 2. The van der Waals surface area contributed by atoms with Crippen molar-refractivity contribution in [2.24, 2.45) is 0 Å². The van der Waals surface area contributed by atoms with Gasteiger partial charge in [0, 0.05) is 5.56 Å². The van der Waals surface area contributed by atoms with Crippen LogP contribution in [0.2, 0.25) is 0 Å². The molecule has 2 nitrogen and oxygen atoms in total. The lowest BCUT2D eigenvalue weighted by atomic mass is 10.1. The molecule has 0 spiro atoms. The van der Waals surface area contributed by atoms with Crippen LogP contribution in [-0.2, 0) is 0 Å². The van der Waals surface area contributed by atoms with E-state index in [0.29, 0.717) is 5.56 Å². The topological polar surface area (TPSA) is 26.3 Å². The van der Waals surface area contributed by atoms with Crippen molar-refractivity contribution in [3.8, 4) is 5.75 Å². The third-order valence-corrected chi connectivity index (χ3v) is 1.79. The third kappa shape index (κ3) is 2.87. The van der Waals surface area contributed by atoms with Crippen LogP contribution in [0.25, 0.3) is 0 Å². The smallest absolute Gasteiger partial charge is 0.150 e. The summed E-state index contributed by atoms with van der Waals surface area (Å²) in [6.07, 6.45) is 0.857. The Morgan fingerprint density at radius 1 is 1.29 bits per heavy atom. The van der Waals surface area contributed by atoms with Gasteiger partial charge in [-0.05, 0) is 51.5 Å². The Balaban J connectivity index is 2.92. The normalized spacial score (nSPS) is 11.1. The van der Waals surface area contributed by atoms with Gasteiger partial charge < -0.3 is 4.74 Å². The van der Waals surface area contributed by atoms with E-state index >= 15 is 0 Å². The van der Waals surface area contributed by atoms with E-state index in [2.05, 4.69) is 0 Å². The minimum atomic E-state index is -0.199.